The second-order valence-corrected chi connectivity index (χ2v) is 4.67. The van der Waals surface area contributed by atoms with Crippen molar-refractivity contribution in [3.05, 3.63) is 34.4 Å². The van der Waals surface area contributed by atoms with E-state index in [4.69, 9.17) is 0 Å². The lowest BCUT2D eigenvalue weighted by Crippen LogP contribution is -1.91. The number of aromatic hydroxyl groups is 1. The number of pyridine rings is 1. The molecule has 0 amide bonds. The van der Waals surface area contributed by atoms with Crippen LogP contribution in [0.25, 0.3) is 10.9 Å². The number of fused-ring (bicyclic) bond motifs is 1. The quantitative estimate of drug-likeness (QED) is 0.920. The van der Waals surface area contributed by atoms with Crippen molar-refractivity contribution >= 4 is 26.8 Å². The lowest BCUT2D eigenvalue weighted by Gasteiger charge is -2.05. The molecule has 0 bridgehead atoms. The highest BCUT2D eigenvalue weighted by atomic mass is 79.9. The molecule has 0 aliphatic rings. The maximum Gasteiger partial charge on any atom is 0.132 e. The molecule has 1 heterocycles. The first kappa shape index (κ1) is 11.4. The maximum atomic E-state index is 9.60. The maximum absolute atomic E-state index is 9.60. The van der Waals surface area contributed by atoms with E-state index in [-0.39, 0.29) is 5.75 Å². The molecule has 2 nitrogen and oxygen atoms in total. The highest BCUT2D eigenvalue weighted by Crippen LogP contribution is 2.31. The van der Waals surface area contributed by atoms with Gasteiger partial charge in [0.2, 0.25) is 0 Å². The molecule has 1 N–H and O–H groups in total. The number of aromatic nitrogens is 1. The Morgan fingerprint density at radius 3 is 2.75 bits per heavy atom. The summed E-state index contributed by atoms with van der Waals surface area (Å²) in [5.74, 6) is 0.243. The minimum absolute atomic E-state index is 0.243. The van der Waals surface area contributed by atoms with Gasteiger partial charge in [0.1, 0.15) is 5.75 Å². The van der Waals surface area contributed by atoms with Gasteiger partial charge in [-0.2, -0.15) is 0 Å². The third kappa shape index (κ3) is 2.19. The molecule has 16 heavy (non-hydrogen) atoms. The normalized spacial score (nSPS) is 10.9. The van der Waals surface area contributed by atoms with Crippen molar-refractivity contribution in [2.45, 2.75) is 26.2 Å². The van der Waals surface area contributed by atoms with E-state index >= 15 is 0 Å². The van der Waals surface area contributed by atoms with Gasteiger partial charge in [-0.1, -0.05) is 19.4 Å². The van der Waals surface area contributed by atoms with Crippen molar-refractivity contribution in [3.8, 4) is 5.75 Å². The van der Waals surface area contributed by atoms with Gasteiger partial charge in [-0.3, -0.25) is 4.98 Å². The highest BCUT2D eigenvalue weighted by Gasteiger charge is 2.06. The van der Waals surface area contributed by atoms with Crippen LogP contribution in [0.3, 0.4) is 0 Å². The molecular weight excluding hydrogens is 266 g/mol. The van der Waals surface area contributed by atoms with Crippen molar-refractivity contribution in [3.63, 3.8) is 0 Å². The standard InChI is InChI=1S/C13H14BrNO/c1-2-3-4-10-7-5-9-6-8-11(16)12(14)13(9)15-10/h5-8,16H,2-4H2,1H3. The molecule has 0 unspecified atom stereocenters. The second kappa shape index (κ2) is 4.83. The largest absolute Gasteiger partial charge is 0.507 e. The number of phenolic OH excluding ortho intramolecular Hbond substituents is 1. The predicted molar refractivity (Wildman–Crippen MR) is 69.7 cm³/mol. The predicted octanol–water partition coefficient (Wildman–Crippen LogP) is 4.05. The summed E-state index contributed by atoms with van der Waals surface area (Å²) in [5, 5.41) is 10.6. The van der Waals surface area contributed by atoms with Gasteiger partial charge in [0.15, 0.2) is 0 Å². The van der Waals surface area contributed by atoms with E-state index in [1.165, 1.54) is 6.42 Å². The first-order valence-electron chi connectivity index (χ1n) is 5.49. The van der Waals surface area contributed by atoms with Crippen LogP contribution in [0.4, 0.5) is 0 Å². The molecule has 0 saturated heterocycles. The zero-order valence-corrected chi connectivity index (χ0v) is 10.8. The zero-order valence-electron chi connectivity index (χ0n) is 9.20. The minimum atomic E-state index is 0.243. The van der Waals surface area contributed by atoms with Gasteiger partial charge in [0, 0.05) is 11.1 Å². The summed E-state index contributed by atoms with van der Waals surface area (Å²) in [7, 11) is 0. The van der Waals surface area contributed by atoms with Gasteiger partial charge < -0.3 is 5.11 Å². The Kier molecular flexibility index (Phi) is 3.44. The Hall–Kier alpha value is -1.09. The summed E-state index contributed by atoms with van der Waals surface area (Å²) >= 11 is 3.37. The molecule has 1 aromatic carbocycles. The van der Waals surface area contributed by atoms with Crippen molar-refractivity contribution in [1.82, 2.24) is 4.98 Å². The first-order valence-corrected chi connectivity index (χ1v) is 6.28. The van der Waals surface area contributed by atoms with E-state index in [0.717, 1.165) is 29.4 Å². The Morgan fingerprint density at radius 2 is 2.00 bits per heavy atom. The first-order chi connectivity index (χ1) is 7.72. The molecule has 0 aliphatic heterocycles. The number of hydrogen-bond donors (Lipinski definition) is 1. The minimum Gasteiger partial charge on any atom is -0.507 e. The van der Waals surface area contributed by atoms with E-state index in [1.807, 2.05) is 6.07 Å². The molecule has 2 rings (SSSR count). The van der Waals surface area contributed by atoms with Crippen molar-refractivity contribution < 1.29 is 5.11 Å². The van der Waals surface area contributed by atoms with Crippen molar-refractivity contribution in [1.29, 1.82) is 0 Å². The fourth-order valence-corrected chi connectivity index (χ4v) is 2.13. The summed E-state index contributed by atoms with van der Waals surface area (Å²) in [4.78, 5) is 4.57. The Labute approximate surface area is 103 Å². The van der Waals surface area contributed by atoms with Crippen LogP contribution in [0.2, 0.25) is 0 Å². The van der Waals surface area contributed by atoms with Crippen LogP contribution in [-0.4, -0.2) is 10.1 Å². The monoisotopic (exact) mass is 279 g/mol. The number of hydrogen-bond acceptors (Lipinski definition) is 2. The van der Waals surface area contributed by atoms with Gasteiger partial charge >= 0.3 is 0 Å². The smallest absolute Gasteiger partial charge is 0.132 e. The Bertz CT molecular complexity index is 511. The van der Waals surface area contributed by atoms with Gasteiger partial charge in [-0.25, -0.2) is 0 Å². The van der Waals surface area contributed by atoms with Crippen LogP contribution in [0.1, 0.15) is 25.5 Å². The topological polar surface area (TPSA) is 33.1 Å². The van der Waals surface area contributed by atoms with E-state index in [2.05, 4.69) is 40.0 Å². The molecule has 0 atom stereocenters. The molecule has 0 fully saturated rings. The lowest BCUT2D eigenvalue weighted by atomic mass is 10.1. The van der Waals surface area contributed by atoms with Gasteiger partial charge in [-0.05, 0) is 47.0 Å². The molecule has 1 aromatic heterocycles. The van der Waals surface area contributed by atoms with Crippen LogP contribution >= 0.6 is 15.9 Å². The fourth-order valence-electron chi connectivity index (χ4n) is 1.68. The number of rotatable bonds is 3. The van der Waals surface area contributed by atoms with Crippen LogP contribution in [0.15, 0.2) is 28.7 Å². The zero-order chi connectivity index (χ0) is 11.5. The van der Waals surface area contributed by atoms with E-state index in [9.17, 15) is 5.11 Å². The number of phenols is 1. The van der Waals surface area contributed by atoms with Crippen LogP contribution in [0, 0.1) is 0 Å². The number of unbranched alkanes of at least 4 members (excludes halogenated alkanes) is 1. The summed E-state index contributed by atoms with van der Waals surface area (Å²) in [6, 6.07) is 7.67. The highest BCUT2D eigenvalue weighted by molar-refractivity contribution is 9.10. The molecule has 0 aliphatic carbocycles. The third-order valence-corrected chi connectivity index (χ3v) is 3.41. The average molecular weight is 280 g/mol. The fraction of sp³-hybridized carbons (Fsp3) is 0.308. The summed E-state index contributed by atoms with van der Waals surface area (Å²) in [6.45, 7) is 2.17. The summed E-state index contributed by atoms with van der Waals surface area (Å²) in [5.41, 5.74) is 1.93. The van der Waals surface area contributed by atoms with Gasteiger partial charge in [0.05, 0.1) is 9.99 Å². The SMILES string of the molecule is CCCCc1ccc2ccc(O)c(Br)c2n1. The Balaban J connectivity index is 2.47. The van der Waals surface area contributed by atoms with Crippen LogP contribution in [-0.2, 0) is 6.42 Å². The van der Waals surface area contributed by atoms with E-state index in [0.29, 0.717) is 4.47 Å². The second-order valence-electron chi connectivity index (χ2n) is 3.88. The van der Waals surface area contributed by atoms with Gasteiger partial charge in [0.25, 0.3) is 0 Å². The van der Waals surface area contributed by atoms with Crippen LogP contribution < -0.4 is 0 Å². The molecule has 0 saturated carbocycles. The third-order valence-electron chi connectivity index (χ3n) is 2.62. The van der Waals surface area contributed by atoms with Crippen LogP contribution in [0.5, 0.6) is 5.75 Å². The van der Waals surface area contributed by atoms with Gasteiger partial charge in [-0.15, -0.1) is 0 Å². The molecule has 0 radical (unpaired) electrons. The number of halogens is 1. The molecule has 0 spiro atoms. The summed E-state index contributed by atoms with van der Waals surface area (Å²) in [6.07, 6.45) is 3.31. The molecule has 84 valence electrons. The van der Waals surface area contributed by atoms with Crippen molar-refractivity contribution in [2.75, 3.05) is 0 Å². The lowest BCUT2D eigenvalue weighted by molar-refractivity contribution is 0.473. The number of aryl methyl sites for hydroxylation is 1. The summed E-state index contributed by atoms with van der Waals surface area (Å²) < 4.78 is 0.684. The van der Waals surface area contributed by atoms with E-state index in [1.54, 1.807) is 6.07 Å². The number of nitrogens with zero attached hydrogens (tertiary/aromatic N) is 1. The molecule has 3 heteroatoms. The van der Waals surface area contributed by atoms with E-state index < -0.39 is 0 Å². The van der Waals surface area contributed by atoms with Crippen molar-refractivity contribution in [2.24, 2.45) is 0 Å². The molecule has 2 aromatic rings. The molecular formula is C13H14BrNO. The Morgan fingerprint density at radius 1 is 1.25 bits per heavy atom. The number of benzene rings is 1. The average Bonchev–Trinajstić information content (AvgIpc) is 2.31.